The number of nitrogen functional groups attached to an aromatic ring is 1. The Morgan fingerprint density at radius 1 is 1.32 bits per heavy atom. The van der Waals surface area contributed by atoms with Crippen LogP contribution in [0, 0.1) is 6.92 Å². The van der Waals surface area contributed by atoms with E-state index in [0.717, 1.165) is 22.2 Å². The lowest BCUT2D eigenvalue weighted by molar-refractivity contribution is -0.0650. The number of nitrogens with one attached hydrogen (secondary N) is 1. The van der Waals surface area contributed by atoms with Crippen molar-refractivity contribution in [3.05, 3.63) is 81.5 Å². The monoisotopic (exact) mass is 478 g/mol. The number of nitrogens with two attached hydrogens (primary N) is 1. The number of pyridine rings is 1. The van der Waals surface area contributed by atoms with Gasteiger partial charge in [-0.1, -0.05) is 35.9 Å². The summed E-state index contributed by atoms with van der Waals surface area (Å²) in [5.41, 5.74) is 9.57. The molecule has 1 aliphatic rings. The van der Waals surface area contributed by atoms with Crippen molar-refractivity contribution >= 4 is 28.3 Å². The molecule has 3 aromatic heterocycles. The molecule has 9 heteroatoms. The van der Waals surface area contributed by atoms with Crippen LogP contribution in [-0.2, 0) is 6.54 Å². The highest BCUT2D eigenvalue weighted by molar-refractivity contribution is 6.31. The third kappa shape index (κ3) is 3.94. The number of aromatic amines is 1. The van der Waals surface area contributed by atoms with Gasteiger partial charge < -0.3 is 20.4 Å². The van der Waals surface area contributed by atoms with Gasteiger partial charge in [0.2, 0.25) is 0 Å². The van der Waals surface area contributed by atoms with Gasteiger partial charge in [0.25, 0.3) is 5.56 Å². The normalized spacial score (nSPS) is 15.9. The van der Waals surface area contributed by atoms with E-state index in [1.165, 1.54) is 0 Å². The predicted octanol–water partition coefficient (Wildman–Crippen LogP) is 3.86. The highest BCUT2D eigenvalue weighted by Gasteiger charge is 2.34. The molecular formula is C25H27ClN6O2. The van der Waals surface area contributed by atoms with Crippen molar-refractivity contribution in [1.29, 1.82) is 0 Å². The van der Waals surface area contributed by atoms with Crippen LogP contribution >= 0.6 is 11.6 Å². The topological polar surface area (TPSA) is 105 Å². The standard InChI is InChI=1S/C25H27ClN6O2/c1-3-4-8-30-14-20(19-10-15(2)28-23(19)25(30)34)16-5-6-18(21(26)11-16)24(33)31-12-17(13-31)32-9-7-22(27)29-32/h3-7,9-11,14,17,24,28,33H,8,12-13H2,1-2H3,(H2,27,29)/b4-3+. The SMILES string of the molecule is C/C=C/Cn1cc(-c2ccc(C(O)N3CC(n4ccc(N)n4)C3)c(Cl)c2)c2cc(C)[nH]c2c1=O. The number of hydrogen-bond acceptors (Lipinski definition) is 5. The summed E-state index contributed by atoms with van der Waals surface area (Å²) in [6, 6.07) is 9.57. The largest absolute Gasteiger partial charge is 0.382 e. The molecule has 4 heterocycles. The van der Waals surface area contributed by atoms with Crippen molar-refractivity contribution in [2.24, 2.45) is 0 Å². The fourth-order valence-electron chi connectivity index (χ4n) is 4.49. The highest BCUT2D eigenvalue weighted by Crippen LogP contribution is 2.36. The molecular weight excluding hydrogens is 452 g/mol. The summed E-state index contributed by atoms with van der Waals surface area (Å²) in [6.45, 7) is 5.65. The van der Waals surface area contributed by atoms with Crippen LogP contribution in [0.15, 0.2) is 59.7 Å². The maximum absolute atomic E-state index is 12.9. The first-order valence-corrected chi connectivity index (χ1v) is 11.6. The minimum atomic E-state index is -0.816. The van der Waals surface area contributed by atoms with Crippen LogP contribution in [0.3, 0.4) is 0 Å². The van der Waals surface area contributed by atoms with E-state index in [1.54, 1.807) is 10.6 Å². The maximum atomic E-state index is 12.9. The van der Waals surface area contributed by atoms with E-state index >= 15 is 0 Å². The fourth-order valence-corrected chi connectivity index (χ4v) is 4.77. The number of likely N-dealkylation sites (tertiary alicyclic amines) is 1. The van der Waals surface area contributed by atoms with Gasteiger partial charge in [-0.05, 0) is 37.6 Å². The lowest BCUT2D eigenvalue weighted by Gasteiger charge is -2.42. The lowest BCUT2D eigenvalue weighted by Crippen LogP contribution is -2.49. The number of aliphatic hydroxyl groups is 1. The Morgan fingerprint density at radius 2 is 2.12 bits per heavy atom. The van der Waals surface area contributed by atoms with Crippen molar-refractivity contribution in [2.45, 2.75) is 32.7 Å². The smallest absolute Gasteiger partial charge is 0.275 e. The molecule has 1 saturated heterocycles. The van der Waals surface area contributed by atoms with Gasteiger partial charge in [-0.2, -0.15) is 5.10 Å². The molecule has 8 nitrogen and oxygen atoms in total. The number of H-pyrrole nitrogens is 1. The number of aliphatic hydroxyl groups excluding tert-OH is 1. The van der Waals surface area contributed by atoms with Crippen molar-refractivity contribution < 1.29 is 5.11 Å². The first-order valence-electron chi connectivity index (χ1n) is 11.2. The molecule has 0 radical (unpaired) electrons. The number of fused-ring (bicyclic) bond motifs is 1. The molecule has 1 fully saturated rings. The van der Waals surface area contributed by atoms with Crippen molar-refractivity contribution in [2.75, 3.05) is 18.8 Å². The van der Waals surface area contributed by atoms with Crippen LogP contribution in [0.25, 0.3) is 22.0 Å². The first-order chi connectivity index (χ1) is 16.4. The Morgan fingerprint density at radius 3 is 2.79 bits per heavy atom. The zero-order chi connectivity index (χ0) is 24.0. The number of benzene rings is 1. The highest BCUT2D eigenvalue weighted by atomic mass is 35.5. The molecule has 0 saturated carbocycles. The Balaban J connectivity index is 1.44. The Bertz CT molecular complexity index is 1440. The molecule has 5 rings (SSSR count). The van der Waals surface area contributed by atoms with Crippen LogP contribution in [0.5, 0.6) is 0 Å². The lowest BCUT2D eigenvalue weighted by atomic mass is 10.00. The summed E-state index contributed by atoms with van der Waals surface area (Å²) in [4.78, 5) is 18.0. The quantitative estimate of drug-likeness (QED) is 0.365. The van der Waals surface area contributed by atoms with Gasteiger partial charge in [0, 0.05) is 59.3 Å². The number of allylic oxidation sites excluding steroid dienone is 2. The summed E-state index contributed by atoms with van der Waals surface area (Å²) < 4.78 is 3.52. The second kappa shape index (κ2) is 8.79. The number of rotatable bonds is 6. The minimum absolute atomic E-state index is 0.0608. The van der Waals surface area contributed by atoms with Gasteiger partial charge in [0.15, 0.2) is 0 Å². The minimum Gasteiger partial charge on any atom is -0.382 e. The predicted molar refractivity (Wildman–Crippen MR) is 135 cm³/mol. The van der Waals surface area contributed by atoms with E-state index in [0.29, 0.717) is 41.6 Å². The Hall–Kier alpha value is -3.33. The summed E-state index contributed by atoms with van der Waals surface area (Å²) in [5, 5.41) is 16.5. The van der Waals surface area contributed by atoms with Crippen LogP contribution in [0.1, 0.15) is 30.5 Å². The van der Waals surface area contributed by atoms with Crippen molar-refractivity contribution in [3.63, 3.8) is 0 Å². The number of halogens is 1. The molecule has 1 atom stereocenters. The molecule has 4 N–H and O–H groups in total. The number of aromatic nitrogens is 4. The van der Waals surface area contributed by atoms with Crippen molar-refractivity contribution in [3.8, 4) is 11.1 Å². The average molecular weight is 479 g/mol. The van der Waals surface area contributed by atoms with Gasteiger partial charge in [-0.3, -0.25) is 14.4 Å². The molecule has 1 unspecified atom stereocenters. The molecule has 0 spiro atoms. The van der Waals surface area contributed by atoms with Crippen LogP contribution in [0.2, 0.25) is 5.02 Å². The number of aryl methyl sites for hydroxylation is 1. The van der Waals surface area contributed by atoms with Crippen molar-refractivity contribution in [1.82, 2.24) is 24.2 Å². The van der Waals surface area contributed by atoms with Crippen LogP contribution < -0.4 is 11.3 Å². The number of anilines is 1. The van der Waals surface area contributed by atoms with Gasteiger partial charge in [-0.15, -0.1) is 0 Å². The summed E-state index contributed by atoms with van der Waals surface area (Å²) in [7, 11) is 0. The van der Waals surface area contributed by atoms with Gasteiger partial charge in [0.1, 0.15) is 17.6 Å². The number of nitrogens with zero attached hydrogens (tertiary/aromatic N) is 4. The molecule has 0 bridgehead atoms. The fraction of sp³-hybridized carbons (Fsp3) is 0.280. The average Bonchev–Trinajstić information content (AvgIpc) is 3.37. The molecule has 1 aromatic carbocycles. The van der Waals surface area contributed by atoms with Gasteiger partial charge >= 0.3 is 0 Å². The Kier molecular flexibility index (Phi) is 5.81. The van der Waals surface area contributed by atoms with E-state index in [1.807, 2.05) is 72.2 Å². The van der Waals surface area contributed by atoms with Gasteiger partial charge in [-0.25, -0.2) is 0 Å². The zero-order valence-corrected chi connectivity index (χ0v) is 19.8. The third-order valence-electron chi connectivity index (χ3n) is 6.37. The molecule has 1 aliphatic heterocycles. The van der Waals surface area contributed by atoms with E-state index < -0.39 is 6.23 Å². The Labute approximate surface area is 201 Å². The maximum Gasteiger partial charge on any atom is 0.275 e. The summed E-state index contributed by atoms with van der Waals surface area (Å²) in [5.74, 6) is 0.487. The second-order valence-electron chi connectivity index (χ2n) is 8.75. The second-order valence-corrected chi connectivity index (χ2v) is 9.16. The molecule has 0 amide bonds. The zero-order valence-electron chi connectivity index (χ0n) is 19.1. The van der Waals surface area contributed by atoms with E-state index in [4.69, 9.17) is 17.3 Å². The summed E-state index contributed by atoms with van der Waals surface area (Å²) in [6.07, 6.45) is 6.77. The van der Waals surface area contributed by atoms with Gasteiger partial charge in [0.05, 0.1) is 6.04 Å². The van der Waals surface area contributed by atoms with E-state index in [9.17, 15) is 9.90 Å². The van der Waals surface area contributed by atoms with Crippen LogP contribution in [0.4, 0.5) is 5.82 Å². The summed E-state index contributed by atoms with van der Waals surface area (Å²) >= 11 is 6.66. The molecule has 34 heavy (non-hydrogen) atoms. The van der Waals surface area contributed by atoms with Crippen LogP contribution in [-0.4, -0.2) is 42.4 Å². The molecule has 176 valence electrons. The number of hydrogen-bond donors (Lipinski definition) is 3. The molecule has 0 aliphatic carbocycles. The third-order valence-corrected chi connectivity index (χ3v) is 6.70. The van der Waals surface area contributed by atoms with E-state index in [2.05, 4.69) is 10.1 Å². The van der Waals surface area contributed by atoms with E-state index in [-0.39, 0.29) is 11.6 Å². The first kappa shape index (κ1) is 22.5. The molecule has 4 aromatic rings.